The van der Waals surface area contributed by atoms with Crippen molar-refractivity contribution in [1.82, 2.24) is 15.5 Å². The number of likely N-dealkylation sites (N-methyl/N-ethyl adjacent to an activating group) is 1. The van der Waals surface area contributed by atoms with Crippen molar-refractivity contribution in [2.75, 3.05) is 19.1 Å². The fourth-order valence-corrected chi connectivity index (χ4v) is 3.73. The van der Waals surface area contributed by atoms with Crippen LogP contribution in [-0.4, -0.2) is 59.5 Å². The smallest absolute Gasteiger partial charge is 0.408 e. The molecule has 0 aliphatic rings. The number of nitrogens with one attached hydrogen (secondary N) is 2. The molecule has 0 aliphatic carbocycles. The van der Waals surface area contributed by atoms with Crippen molar-refractivity contribution in [2.45, 2.75) is 78.6 Å². The second-order valence-corrected chi connectivity index (χ2v) is 10.3. The highest BCUT2D eigenvalue weighted by atomic mass is 32.2. The van der Waals surface area contributed by atoms with Gasteiger partial charge in [-0.25, -0.2) is 4.79 Å². The van der Waals surface area contributed by atoms with E-state index in [0.717, 1.165) is 16.7 Å². The second kappa shape index (κ2) is 12.1. The number of aryl methyl sites for hydroxylation is 2. The van der Waals surface area contributed by atoms with Crippen LogP contribution in [0.3, 0.4) is 0 Å². The van der Waals surface area contributed by atoms with Gasteiger partial charge in [-0.05, 0) is 78.0 Å². The van der Waals surface area contributed by atoms with Gasteiger partial charge in [-0.15, -0.1) is 0 Å². The van der Waals surface area contributed by atoms with E-state index in [0.29, 0.717) is 12.2 Å². The number of ether oxygens (including phenoxy) is 1. The SMILES string of the molecule is CSCCC(NC(=O)OC(C)(C)C)C(=O)N(C)C(C(=O)NC(C)C)c1cc(C)ccc1C. The molecule has 2 atom stereocenters. The molecule has 2 N–H and O–H groups in total. The van der Waals surface area contributed by atoms with E-state index in [1.54, 1.807) is 39.6 Å². The molecule has 7 nitrogen and oxygen atoms in total. The average Bonchev–Trinajstić information content (AvgIpc) is 2.65. The Kier molecular flexibility index (Phi) is 10.5. The van der Waals surface area contributed by atoms with Gasteiger partial charge in [-0.1, -0.05) is 23.8 Å². The highest BCUT2D eigenvalue weighted by Crippen LogP contribution is 2.26. The zero-order valence-electron chi connectivity index (χ0n) is 20.9. The molecule has 1 aromatic rings. The van der Waals surface area contributed by atoms with Crippen molar-refractivity contribution < 1.29 is 19.1 Å². The first kappa shape index (κ1) is 27.8. The maximum absolute atomic E-state index is 13.5. The van der Waals surface area contributed by atoms with Gasteiger partial charge < -0.3 is 20.3 Å². The van der Waals surface area contributed by atoms with Crippen molar-refractivity contribution in [3.63, 3.8) is 0 Å². The van der Waals surface area contributed by atoms with Crippen LogP contribution in [0, 0.1) is 13.8 Å². The van der Waals surface area contributed by atoms with Crippen LogP contribution in [0.15, 0.2) is 18.2 Å². The molecule has 0 fully saturated rings. The van der Waals surface area contributed by atoms with Gasteiger partial charge in [0.05, 0.1) is 0 Å². The van der Waals surface area contributed by atoms with Crippen molar-refractivity contribution in [1.29, 1.82) is 0 Å². The number of carbonyl (C=O) groups excluding carboxylic acids is 3. The minimum atomic E-state index is -0.818. The molecular weight excluding hydrogens is 426 g/mol. The van der Waals surface area contributed by atoms with Crippen LogP contribution in [0.25, 0.3) is 0 Å². The van der Waals surface area contributed by atoms with Crippen LogP contribution in [0.1, 0.15) is 63.8 Å². The number of hydrogen-bond acceptors (Lipinski definition) is 5. The van der Waals surface area contributed by atoms with Crippen LogP contribution in [0.2, 0.25) is 0 Å². The molecule has 180 valence electrons. The highest BCUT2D eigenvalue weighted by molar-refractivity contribution is 7.98. The Balaban J connectivity index is 3.29. The summed E-state index contributed by atoms with van der Waals surface area (Å²) in [6.07, 6.45) is 1.71. The first-order valence-corrected chi connectivity index (χ1v) is 12.3. The van der Waals surface area contributed by atoms with E-state index in [-0.39, 0.29) is 17.9 Å². The fourth-order valence-electron chi connectivity index (χ4n) is 3.26. The van der Waals surface area contributed by atoms with E-state index in [9.17, 15) is 14.4 Å². The number of nitrogens with zero attached hydrogens (tertiary/aromatic N) is 1. The third-order valence-corrected chi connectivity index (χ3v) is 5.39. The Morgan fingerprint density at radius 2 is 1.75 bits per heavy atom. The summed E-state index contributed by atoms with van der Waals surface area (Å²) >= 11 is 1.58. The van der Waals surface area contributed by atoms with Gasteiger partial charge in [0.25, 0.3) is 0 Å². The number of carbonyl (C=O) groups is 3. The third-order valence-electron chi connectivity index (χ3n) is 4.74. The van der Waals surface area contributed by atoms with E-state index < -0.39 is 23.8 Å². The van der Waals surface area contributed by atoms with Gasteiger partial charge in [-0.2, -0.15) is 11.8 Å². The van der Waals surface area contributed by atoms with E-state index in [4.69, 9.17) is 4.74 Å². The second-order valence-electron chi connectivity index (χ2n) is 9.36. The van der Waals surface area contributed by atoms with Crippen molar-refractivity contribution in [3.05, 3.63) is 34.9 Å². The number of amides is 3. The first-order valence-electron chi connectivity index (χ1n) is 10.9. The molecule has 8 heteroatoms. The molecule has 2 unspecified atom stereocenters. The van der Waals surface area contributed by atoms with Crippen LogP contribution >= 0.6 is 11.8 Å². The first-order chi connectivity index (χ1) is 14.8. The molecule has 0 saturated carbocycles. The Bertz CT molecular complexity index is 805. The Morgan fingerprint density at radius 1 is 1.12 bits per heavy atom. The normalized spacial score (nSPS) is 13.3. The fraction of sp³-hybridized carbons (Fsp3) is 0.625. The summed E-state index contributed by atoms with van der Waals surface area (Å²) in [5, 5.41) is 5.63. The molecule has 0 aliphatic heterocycles. The number of hydrogen-bond donors (Lipinski definition) is 2. The number of benzene rings is 1. The van der Waals surface area contributed by atoms with Gasteiger partial charge >= 0.3 is 6.09 Å². The molecule has 0 heterocycles. The standard InChI is InChI=1S/C24H39N3O4S/c1-15(2)25-21(28)20(18-14-16(3)10-11-17(18)4)27(8)22(29)19(12-13-32-9)26-23(30)31-24(5,6)7/h10-11,14-15,19-20H,12-13H2,1-9H3,(H,25,28)(H,26,30). The Hall–Kier alpha value is -2.22. The average molecular weight is 466 g/mol. The molecule has 0 aromatic heterocycles. The van der Waals surface area contributed by atoms with Gasteiger partial charge in [0.1, 0.15) is 17.7 Å². The monoisotopic (exact) mass is 465 g/mol. The Labute approximate surface area is 197 Å². The van der Waals surface area contributed by atoms with Gasteiger partial charge in [0.15, 0.2) is 0 Å². The summed E-state index contributed by atoms with van der Waals surface area (Å²) in [5.41, 5.74) is 2.00. The lowest BCUT2D eigenvalue weighted by molar-refractivity contribution is -0.141. The Morgan fingerprint density at radius 3 is 2.28 bits per heavy atom. The molecule has 0 spiro atoms. The number of alkyl carbamates (subject to hydrolysis) is 1. The third kappa shape index (κ3) is 8.73. The van der Waals surface area contributed by atoms with Crippen LogP contribution in [-0.2, 0) is 14.3 Å². The lowest BCUT2D eigenvalue weighted by atomic mass is 9.96. The molecule has 3 amide bonds. The molecular formula is C24H39N3O4S. The summed E-state index contributed by atoms with van der Waals surface area (Å²) in [6, 6.07) is 4.16. The zero-order chi connectivity index (χ0) is 24.6. The summed E-state index contributed by atoms with van der Waals surface area (Å²) in [6.45, 7) is 12.9. The maximum Gasteiger partial charge on any atom is 0.408 e. The lowest BCUT2D eigenvalue weighted by Gasteiger charge is -2.33. The van der Waals surface area contributed by atoms with E-state index in [1.165, 1.54) is 4.90 Å². The summed E-state index contributed by atoms with van der Waals surface area (Å²) in [5.74, 6) is 0.0759. The van der Waals surface area contributed by atoms with Gasteiger partial charge in [-0.3, -0.25) is 9.59 Å². The summed E-state index contributed by atoms with van der Waals surface area (Å²) in [7, 11) is 1.61. The predicted octanol–water partition coefficient (Wildman–Crippen LogP) is 3.97. The molecule has 1 rings (SSSR count). The van der Waals surface area contributed by atoms with Crippen LogP contribution < -0.4 is 10.6 Å². The van der Waals surface area contributed by atoms with E-state index >= 15 is 0 Å². The van der Waals surface area contributed by atoms with Crippen molar-refractivity contribution >= 4 is 29.7 Å². The molecule has 0 radical (unpaired) electrons. The van der Waals surface area contributed by atoms with Crippen molar-refractivity contribution in [3.8, 4) is 0 Å². The largest absolute Gasteiger partial charge is 0.444 e. The number of thioether (sulfide) groups is 1. The van der Waals surface area contributed by atoms with E-state index in [1.807, 2.05) is 52.1 Å². The minimum Gasteiger partial charge on any atom is -0.444 e. The minimum absolute atomic E-state index is 0.0780. The van der Waals surface area contributed by atoms with Gasteiger partial charge in [0, 0.05) is 13.1 Å². The summed E-state index contributed by atoms with van der Waals surface area (Å²) < 4.78 is 5.35. The molecule has 0 saturated heterocycles. The summed E-state index contributed by atoms with van der Waals surface area (Å²) in [4.78, 5) is 40.5. The highest BCUT2D eigenvalue weighted by Gasteiger charge is 2.34. The molecule has 32 heavy (non-hydrogen) atoms. The van der Waals surface area contributed by atoms with Crippen LogP contribution in [0.4, 0.5) is 4.79 Å². The van der Waals surface area contributed by atoms with Crippen LogP contribution in [0.5, 0.6) is 0 Å². The number of rotatable bonds is 9. The molecule has 0 bridgehead atoms. The zero-order valence-corrected chi connectivity index (χ0v) is 21.7. The van der Waals surface area contributed by atoms with Gasteiger partial charge in [0.2, 0.25) is 11.8 Å². The van der Waals surface area contributed by atoms with Crippen molar-refractivity contribution in [2.24, 2.45) is 0 Å². The molecule has 1 aromatic carbocycles. The lowest BCUT2D eigenvalue weighted by Crippen LogP contribution is -2.52. The predicted molar refractivity (Wildman–Crippen MR) is 131 cm³/mol. The topological polar surface area (TPSA) is 87.7 Å². The quantitative estimate of drug-likeness (QED) is 0.576. The van der Waals surface area contributed by atoms with E-state index in [2.05, 4.69) is 10.6 Å². The maximum atomic E-state index is 13.5.